The van der Waals surface area contributed by atoms with Crippen LogP contribution < -0.4 is 4.52 Å². The lowest BCUT2D eigenvalue weighted by Gasteiger charge is -2.38. The van der Waals surface area contributed by atoms with E-state index in [0.29, 0.717) is 24.2 Å². The smallest absolute Gasteiger partial charge is 0.394 e. The maximum absolute atomic E-state index is 10.4. The van der Waals surface area contributed by atoms with Gasteiger partial charge in [0.05, 0.1) is 6.61 Å². The van der Waals surface area contributed by atoms with Crippen molar-refractivity contribution < 1.29 is 13.9 Å². The third-order valence-electron chi connectivity index (χ3n) is 7.74. The van der Waals surface area contributed by atoms with Crippen LogP contribution in [0.4, 0.5) is 0 Å². The minimum atomic E-state index is -1.92. The largest absolute Gasteiger partial charge is 0.427 e. The monoisotopic (exact) mass is 522 g/mol. The molecule has 0 aliphatic carbocycles. The lowest BCUT2D eigenvalue weighted by Crippen LogP contribution is -2.31. The molecule has 0 fully saturated rings. The molecule has 3 unspecified atom stereocenters. The van der Waals surface area contributed by atoms with Crippen molar-refractivity contribution in [1.82, 2.24) is 0 Å². The molecule has 0 heterocycles. The summed E-state index contributed by atoms with van der Waals surface area (Å²) in [5, 5.41) is 0. The molecule has 210 valence electrons. The van der Waals surface area contributed by atoms with Gasteiger partial charge in [-0.2, -0.15) is 0 Å². The first kappa shape index (κ1) is 33.4. The molecule has 1 aromatic rings. The van der Waals surface area contributed by atoms with Gasteiger partial charge in [-0.3, -0.25) is 0 Å². The van der Waals surface area contributed by atoms with E-state index in [4.69, 9.17) is 9.05 Å². The Morgan fingerprint density at radius 3 is 1.64 bits per heavy atom. The number of para-hydroxylation sites is 1. The summed E-state index contributed by atoms with van der Waals surface area (Å²) in [5.41, 5.74) is 0.384. The molecule has 1 N–H and O–H groups in total. The molecule has 0 aromatic heterocycles. The number of benzene rings is 1. The Balaban J connectivity index is 2.39. The summed E-state index contributed by atoms with van der Waals surface area (Å²) < 4.78 is 11.5. The maximum Gasteiger partial charge on any atom is 0.394 e. The molecule has 1 rings (SSSR count). The molecule has 3 nitrogen and oxygen atoms in total. The van der Waals surface area contributed by atoms with E-state index >= 15 is 0 Å². The first-order valence-electron chi connectivity index (χ1n) is 14.9. The summed E-state index contributed by atoms with van der Waals surface area (Å²) in [7, 11) is -1.92. The highest BCUT2D eigenvalue weighted by molar-refractivity contribution is 7.41. The fraction of sp³-hybridized carbons (Fsp3) is 0.812. The number of unbranched alkanes of at least 4 members (excludes halogenated alkanes) is 11. The van der Waals surface area contributed by atoms with Gasteiger partial charge in [0.25, 0.3) is 0 Å². The molecule has 36 heavy (non-hydrogen) atoms. The van der Waals surface area contributed by atoms with Crippen LogP contribution in [0.2, 0.25) is 0 Å². The van der Waals surface area contributed by atoms with Gasteiger partial charge in [0.1, 0.15) is 5.75 Å². The van der Waals surface area contributed by atoms with Crippen LogP contribution in [-0.4, -0.2) is 11.5 Å². The summed E-state index contributed by atoms with van der Waals surface area (Å²) in [4.78, 5) is 10.4. The molecule has 4 heteroatoms. The van der Waals surface area contributed by atoms with Gasteiger partial charge in [0, 0.05) is 0 Å². The number of hydrogen-bond acceptors (Lipinski definition) is 3. The van der Waals surface area contributed by atoms with Gasteiger partial charge in [0.15, 0.2) is 0 Å². The van der Waals surface area contributed by atoms with Crippen LogP contribution in [0.15, 0.2) is 30.3 Å². The van der Waals surface area contributed by atoms with E-state index in [2.05, 4.69) is 48.5 Å². The molecule has 3 atom stereocenters. The summed E-state index contributed by atoms with van der Waals surface area (Å²) in [6.45, 7) is 16.9. The predicted molar refractivity (Wildman–Crippen MR) is 158 cm³/mol. The highest BCUT2D eigenvalue weighted by Crippen LogP contribution is 2.43. The zero-order chi connectivity index (χ0) is 26.9. The van der Waals surface area contributed by atoms with Gasteiger partial charge in [-0.15, -0.1) is 0 Å². The van der Waals surface area contributed by atoms with Gasteiger partial charge in [-0.1, -0.05) is 144 Å². The molecule has 0 bridgehead atoms. The minimum absolute atomic E-state index is 0.114. The van der Waals surface area contributed by atoms with Gasteiger partial charge in [-0.25, -0.2) is 0 Å². The van der Waals surface area contributed by atoms with Gasteiger partial charge < -0.3 is 13.9 Å². The van der Waals surface area contributed by atoms with E-state index in [1.54, 1.807) is 0 Å². The molecule has 0 aliphatic heterocycles. The standard InChI is InChI=1S/C32H59O3P/c1-8-9-10-11-12-13-14-15-16-17-18-20-23-28(31(2,3)4)26-29(32(5,6)7)27-34-36(33)35-30-24-21-19-22-25-30/h19,21-22,24-25,28-29,33H,8-18,20,23,26-27H2,1-7H3. The van der Waals surface area contributed by atoms with Crippen molar-refractivity contribution in [1.29, 1.82) is 0 Å². The second kappa shape index (κ2) is 18.6. The Bertz CT molecular complexity index is 635. The van der Waals surface area contributed by atoms with Crippen molar-refractivity contribution in [3.63, 3.8) is 0 Å². The van der Waals surface area contributed by atoms with Crippen LogP contribution in [0.5, 0.6) is 5.75 Å². The van der Waals surface area contributed by atoms with Crippen molar-refractivity contribution >= 4 is 8.60 Å². The Hall–Kier alpha value is -0.630. The average molecular weight is 523 g/mol. The predicted octanol–water partition coefficient (Wildman–Crippen LogP) is 11.1. The topological polar surface area (TPSA) is 38.7 Å². The third kappa shape index (κ3) is 16.3. The molecule has 0 saturated carbocycles. The van der Waals surface area contributed by atoms with E-state index in [1.165, 1.54) is 83.5 Å². The van der Waals surface area contributed by atoms with Gasteiger partial charge in [0.2, 0.25) is 0 Å². The second-order valence-corrected chi connectivity index (χ2v) is 13.9. The Labute approximate surface area is 226 Å². The fourth-order valence-electron chi connectivity index (χ4n) is 4.90. The van der Waals surface area contributed by atoms with Crippen LogP contribution in [0.25, 0.3) is 0 Å². The molecule has 0 aliphatic rings. The number of rotatable bonds is 20. The average Bonchev–Trinajstić information content (AvgIpc) is 2.80. The summed E-state index contributed by atoms with van der Waals surface area (Å²) in [6.07, 6.45) is 19.2. The highest BCUT2D eigenvalue weighted by Gasteiger charge is 2.33. The second-order valence-electron chi connectivity index (χ2n) is 13.0. The van der Waals surface area contributed by atoms with E-state index < -0.39 is 8.60 Å². The zero-order valence-electron chi connectivity index (χ0n) is 24.9. The Morgan fingerprint density at radius 2 is 1.17 bits per heavy atom. The molecular formula is C32H59O3P. The Morgan fingerprint density at radius 1 is 0.694 bits per heavy atom. The maximum atomic E-state index is 10.4. The van der Waals surface area contributed by atoms with Crippen molar-refractivity contribution in [3.05, 3.63) is 30.3 Å². The van der Waals surface area contributed by atoms with Crippen molar-refractivity contribution in [2.24, 2.45) is 22.7 Å². The molecule has 1 aromatic carbocycles. The molecular weight excluding hydrogens is 463 g/mol. The highest BCUT2D eigenvalue weighted by atomic mass is 31.2. The summed E-state index contributed by atoms with van der Waals surface area (Å²) >= 11 is 0. The fourth-order valence-corrected chi connectivity index (χ4v) is 5.57. The van der Waals surface area contributed by atoms with Crippen molar-refractivity contribution in [2.45, 2.75) is 138 Å². The molecule has 0 spiro atoms. The quantitative estimate of drug-likeness (QED) is 0.137. The SMILES string of the molecule is CCCCCCCCCCCCCCC(CC(COP(O)Oc1ccccc1)C(C)(C)C)C(C)(C)C. The minimum Gasteiger partial charge on any atom is -0.427 e. The normalized spacial score (nSPS) is 15.0. The van der Waals surface area contributed by atoms with Crippen LogP contribution in [0.1, 0.15) is 138 Å². The van der Waals surface area contributed by atoms with Crippen molar-refractivity contribution in [2.75, 3.05) is 6.61 Å². The van der Waals surface area contributed by atoms with Crippen LogP contribution in [0.3, 0.4) is 0 Å². The van der Waals surface area contributed by atoms with E-state index in [0.717, 1.165) is 6.42 Å². The van der Waals surface area contributed by atoms with E-state index in [-0.39, 0.29) is 10.8 Å². The van der Waals surface area contributed by atoms with Gasteiger partial charge >= 0.3 is 8.60 Å². The zero-order valence-corrected chi connectivity index (χ0v) is 25.8. The lowest BCUT2D eigenvalue weighted by molar-refractivity contribution is 0.0792. The first-order chi connectivity index (χ1) is 17.0. The third-order valence-corrected chi connectivity index (χ3v) is 8.47. The van der Waals surface area contributed by atoms with Crippen LogP contribution in [0, 0.1) is 22.7 Å². The lowest BCUT2D eigenvalue weighted by atomic mass is 9.68. The number of hydrogen-bond donors (Lipinski definition) is 1. The van der Waals surface area contributed by atoms with Crippen LogP contribution >= 0.6 is 8.60 Å². The molecule has 0 saturated heterocycles. The van der Waals surface area contributed by atoms with Gasteiger partial charge in [-0.05, 0) is 47.6 Å². The Kier molecular flexibility index (Phi) is 17.2. The molecule has 0 amide bonds. The van der Waals surface area contributed by atoms with E-state index in [9.17, 15) is 4.89 Å². The van der Waals surface area contributed by atoms with Crippen LogP contribution in [-0.2, 0) is 4.52 Å². The summed E-state index contributed by atoms with van der Waals surface area (Å²) in [6, 6.07) is 9.44. The van der Waals surface area contributed by atoms with Crippen molar-refractivity contribution in [3.8, 4) is 5.75 Å². The van der Waals surface area contributed by atoms with E-state index in [1.807, 2.05) is 30.3 Å². The summed E-state index contributed by atoms with van der Waals surface area (Å²) in [5.74, 6) is 1.67. The first-order valence-corrected chi connectivity index (χ1v) is 16.0. The molecule has 0 radical (unpaired) electrons.